The molecular weight excluding hydrogens is 386 g/mol. The molecule has 3 rings (SSSR count). The van der Waals surface area contributed by atoms with Crippen LogP contribution in [0.4, 0.5) is 0 Å². The Balaban J connectivity index is 1.75. The van der Waals surface area contributed by atoms with Crippen molar-refractivity contribution in [3.63, 3.8) is 0 Å². The molecule has 0 heterocycles. The maximum Gasteiger partial charge on any atom is 0.149 e. The summed E-state index contributed by atoms with van der Waals surface area (Å²) in [4.78, 5) is 4.33. The first-order chi connectivity index (χ1) is 14.1. The topological polar surface area (TPSA) is 51.0 Å². The summed E-state index contributed by atoms with van der Waals surface area (Å²) in [5.41, 5.74) is 2.11. The van der Waals surface area contributed by atoms with Crippen molar-refractivity contribution in [2.45, 2.75) is 13.5 Å². The number of hydrogen-bond acceptors (Lipinski definition) is 4. The van der Waals surface area contributed by atoms with E-state index in [1.807, 2.05) is 67.6 Å². The number of aliphatic imine (C=N–C) groups is 1. The molecule has 0 spiro atoms. The highest BCUT2D eigenvalue weighted by Gasteiger charge is 2.16. The summed E-state index contributed by atoms with van der Waals surface area (Å²) >= 11 is 5.90. The van der Waals surface area contributed by atoms with Crippen LogP contribution in [0.25, 0.3) is 0 Å². The van der Waals surface area contributed by atoms with Crippen LogP contribution < -0.4 is 9.47 Å². The number of benzene rings is 3. The molecule has 0 radical (unpaired) electrons. The van der Waals surface area contributed by atoms with Crippen molar-refractivity contribution in [1.82, 2.24) is 0 Å². The van der Waals surface area contributed by atoms with E-state index in [4.69, 9.17) is 21.1 Å². The van der Waals surface area contributed by atoms with Crippen LogP contribution in [0.1, 0.15) is 18.1 Å². The average Bonchev–Trinajstić information content (AvgIpc) is 2.75. The standard InChI is InChI=1S/C24H22ClNO3/c1-3-23(29-19-7-5-4-6-8-19)24(26-2)21-14-13-20(15-22(21)27)28-16-17-9-11-18(25)12-10-17/h3-15,27H,16H2,1-2H3/b23-3-,26-24-. The number of para-hydroxylation sites is 1. The van der Waals surface area contributed by atoms with Gasteiger partial charge in [-0.15, -0.1) is 0 Å². The molecule has 3 aromatic rings. The van der Waals surface area contributed by atoms with Gasteiger partial charge in [-0.1, -0.05) is 41.9 Å². The van der Waals surface area contributed by atoms with E-state index in [0.717, 1.165) is 5.56 Å². The molecule has 0 bridgehead atoms. The second-order valence-corrected chi connectivity index (χ2v) is 6.67. The third-order valence-corrected chi connectivity index (χ3v) is 4.49. The lowest BCUT2D eigenvalue weighted by Gasteiger charge is -2.14. The van der Waals surface area contributed by atoms with E-state index in [1.165, 1.54) is 0 Å². The highest BCUT2D eigenvalue weighted by molar-refractivity contribution is 6.30. The summed E-state index contributed by atoms with van der Waals surface area (Å²) in [5, 5.41) is 11.3. The number of nitrogens with zero attached hydrogens (tertiary/aromatic N) is 1. The van der Waals surface area contributed by atoms with Crippen LogP contribution in [0.2, 0.25) is 5.02 Å². The first-order valence-electron chi connectivity index (χ1n) is 9.17. The molecule has 0 aliphatic carbocycles. The smallest absolute Gasteiger partial charge is 0.149 e. The lowest BCUT2D eigenvalue weighted by Crippen LogP contribution is -2.11. The van der Waals surface area contributed by atoms with E-state index < -0.39 is 0 Å². The van der Waals surface area contributed by atoms with E-state index in [1.54, 1.807) is 25.2 Å². The molecule has 148 valence electrons. The van der Waals surface area contributed by atoms with Gasteiger partial charge in [-0.05, 0) is 55.0 Å². The van der Waals surface area contributed by atoms with Gasteiger partial charge in [0, 0.05) is 23.7 Å². The Hall–Kier alpha value is -3.24. The Bertz CT molecular complexity index is 1010. The molecule has 0 fully saturated rings. The van der Waals surface area contributed by atoms with Gasteiger partial charge < -0.3 is 14.6 Å². The van der Waals surface area contributed by atoms with Gasteiger partial charge in [-0.2, -0.15) is 0 Å². The van der Waals surface area contributed by atoms with Crippen LogP contribution in [0.5, 0.6) is 17.2 Å². The number of halogens is 1. The Morgan fingerprint density at radius 1 is 1.00 bits per heavy atom. The highest BCUT2D eigenvalue weighted by atomic mass is 35.5. The number of aromatic hydroxyl groups is 1. The third-order valence-electron chi connectivity index (χ3n) is 4.23. The third kappa shape index (κ3) is 5.39. The van der Waals surface area contributed by atoms with Crippen LogP contribution in [-0.2, 0) is 6.61 Å². The van der Waals surface area contributed by atoms with Gasteiger partial charge in [0.25, 0.3) is 0 Å². The molecule has 0 atom stereocenters. The van der Waals surface area contributed by atoms with Gasteiger partial charge in [0.1, 0.15) is 35.3 Å². The zero-order valence-electron chi connectivity index (χ0n) is 16.3. The van der Waals surface area contributed by atoms with Crippen molar-refractivity contribution in [1.29, 1.82) is 0 Å². The number of phenolic OH excluding ortho intramolecular Hbond substituents is 1. The molecule has 0 aromatic heterocycles. The maximum atomic E-state index is 10.6. The number of ether oxygens (including phenoxy) is 2. The zero-order chi connectivity index (χ0) is 20.6. The van der Waals surface area contributed by atoms with Crippen LogP contribution in [0, 0.1) is 0 Å². The molecule has 5 heteroatoms. The molecule has 0 aliphatic rings. The van der Waals surface area contributed by atoms with Crippen molar-refractivity contribution in [2.24, 2.45) is 4.99 Å². The molecule has 0 saturated heterocycles. The Morgan fingerprint density at radius 3 is 2.34 bits per heavy atom. The first kappa shape index (κ1) is 20.5. The van der Waals surface area contributed by atoms with Crippen molar-refractivity contribution in [3.05, 3.63) is 101 Å². The van der Waals surface area contributed by atoms with E-state index in [9.17, 15) is 5.11 Å². The summed E-state index contributed by atoms with van der Waals surface area (Å²) in [5.74, 6) is 1.88. The molecule has 4 nitrogen and oxygen atoms in total. The number of hydrogen-bond donors (Lipinski definition) is 1. The molecule has 0 amide bonds. The lowest BCUT2D eigenvalue weighted by atomic mass is 10.1. The fourth-order valence-electron chi connectivity index (χ4n) is 2.77. The zero-order valence-corrected chi connectivity index (χ0v) is 17.1. The summed E-state index contributed by atoms with van der Waals surface area (Å²) in [7, 11) is 1.66. The summed E-state index contributed by atoms with van der Waals surface area (Å²) in [6.45, 7) is 2.24. The first-order valence-corrected chi connectivity index (χ1v) is 9.55. The van der Waals surface area contributed by atoms with Crippen molar-refractivity contribution in [3.8, 4) is 17.2 Å². The van der Waals surface area contributed by atoms with Crippen molar-refractivity contribution in [2.75, 3.05) is 7.05 Å². The predicted molar refractivity (Wildman–Crippen MR) is 117 cm³/mol. The highest BCUT2D eigenvalue weighted by Crippen LogP contribution is 2.28. The van der Waals surface area contributed by atoms with Gasteiger partial charge in [0.15, 0.2) is 0 Å². The average molecular weight is 408 g/mol. The van der Waals surface area contributed by atoms with Crippen LogP contribution in [0.15, 0.2) is 89.6 Å². The molecular formula is C24H22ClNO3. The fourth-order valence-corrected chi connectivity index (χ4v) is 2.90. The molecule has 29 heavy (non-hydrogen) atoms. The number of rotatable bonds is 7. The Kier molecular flexibility index (Phi) is 6.93. The largest absolute Gasteiger partial charge is 0.507 e. The van der Waals surface area contributed by atoms with Gasteiger partial charge in [-0.3, -0.25) is 4.99 Å². The SMILES string of the molecule is C/C=C(Oc1ccccc1)/C(=N\C)c1ccc(OCc2ccc(Cl)cc2)cc1O. The minimum absolute atomic E-state index is 0.0650. The second kappa shape index (κ2) is 9.80. The molecule has 0 unspecified atom stereocenters. The van der Waals surface area contributed by atoms with E-state index in [2.05, 4.69) is 4.99 Å². The summed E-state index contributed by atoms with van der Waals surface area (Å²) < 4.78 is 11.7. The van der Waals surface area contributed by atoms with Gasteiger partial charge in [0.05, 0.1) is 0 Å². The maximum absolute atomic E-state index is 10.6. The van der Waals surface area contributed by atoms with Gasteiger partial charge in [-0.25, -0.2) is 0 Å². The van der Waals surface area contributed by atoms with Gasteiger partial charge >= 0.3 is 0 Å². The summed E-state index contributed by atoms with van der Waals surface area (Å²) in [6, 6.07) is 22.0. The van der Waals surface area contributed by atoms with E-state index in [0.29, 0.717) is 40.2 Å². The lowest BCUT2D eigenvalue weighted by molar-refractivity contribution is 0.304. The van der Waals surface area contributed by atoms with E-state index in [-0.39, 0.29) is 5.75 Å². The fraction of sp³-hybridized carbons (Fsp3) is 0.125. The Morgan fingerprint density at radius 2 is 1.72 bits per heavy atom. The van der Waals surface area contributed by atoms with Crippen molar-refractivity contribution >= 4 is 17.3 Å². The number of phenols is 1. The van der Waals surface area contributed by atoms with Crippen LogP contribution in [-0.4, -0.2) is 17.9 Å². The normalized spacial score (nSPS) is 12.0. The molecule has 3 aromatic carbocycles. The number of allylic oxidation sites excluding steroid dienone is 2. The summed E-state index contributed by atoms with van der Waals surface area (Å²) in [6.07, 6.45) is 1.82. The van der Waals surface area contributed by atoms with E-state index >= 15 is 0 Å². The second-order valence-electron chi connectivity index (χ2n) is 6.23. The predicted octanol–water partition coefficient (Wildman–Crippen LogP) is 6.03. The molecule has 0 saturated carbocycles. The molecule has 0 aliphatic heterocycles. The van der Waals surface area contributed by atoms with Crippen LogP contribution >= 0.6 is 11.6 Å². The van der Waals surface area contributed by atoms with Crippen molar-refractivity contribution < 1.29 is 14.6 Å². The monoisotopic (exact) mass is 407 g/mol. The minimum Gasteiger partial charge on any atom is -0.507 e. The quantitative estimate of drug-likeness (QED) is 0.384. The van der Waals surface area contributed by atoms with Crippen LogP contribution in [0.3, 0.4) is 0 Å². The Labute approximate surface area is 175 Å². The minimum atomic E-state index is 0.0650. The van der Waals surface area contributed by atoms with Gasteiger partial charge in [0.2, 0.25) is 0 Å². The molecule has 1 N–H and O–H groups in total.